The van der Waals surface area contributed by atoms with Gasteiger partial charge in [0.15, 0.2) is 5.89 Å². The van der Waals surface area contributed by atoms with Crippen LogP contribution >= 0.6 is 0 Å². The number of hydrogen-bond acceptors (Lipinski definition) is 4. The molecule has 0 saturated heterocycles. The predicted octanol–water partition coefficient (Wildman–Crippen LogP) is 2.16. The first kappa shape index (κ1) is 12.6. The highest BCUT2D eigenvalue weighted by atomic mass is 16.5. The maximum Gasteiger partial charge on any atom is 0.198 e. The van der Waals surface area contributed by atoms with Gasteiger partial charge in [-0.3, -0.25) is 0 Å². The predicted molar refractivity (Wildman–Crippen MR) is 69.7 cm³/mol. The standard InChI is InChI=1S/C14H18N2O2/c1-10(15)6-12-9-18-14(16-12)8-11-4-3-5-13(7-11)17-2/h3-5,7,9-10H,6,8,15H2,1-2H3. The van der Waals surface area contributed by atoms with E-state index in [-0.39, 0.29) is 6.04 Å². The molecule has 1 heterocycles. The van der Waals surface area contributed by atoms with E-state index in [1.807, 2.05) is 31.2 Å². The molecule has 0 fully saturated rings. The third-order valence-corrected chi connectivity index (χ3v) is 2.62. The van der Waals surface area contributed by atoms with Crippen LogP contribution in [0.3, 0.4) is 0 Å². The topological polar surface area (TPSA) is 61.3 Å². The quantitative estimate of drug-likeness (QED) is 0.878. The summed E-state index contributed by atoms with van der Waals surface area (Å²) in [5.74, 6) is 1.55. The van der Waals surface area contributed by atoms with Crippen molar-refractivity contribution >= 4 is 0 Å². The number of nitrogens with zero attached hydrogens (tertiary/aromatic N) is 1. The van der Waals surface area contributed by atoms with Crippen LogP contribution in [0.4, 0.5) is 0 Å². The van der Waals surface area contributed by atoms with Gasteiger partial charge in [0, 0.05) is 18.9 Å². The summed E-state index contributed by atoms with van der Waals surface area (Å²) in [6.45, 7) is 1.95. The van der Waals surface area contributed by atoms with Gasteiger partial charge < -0.3 is 14.9 Å². The van der Waals surface area contributed by atoms with Gasteiger partial charge in [-0.25, -0.2) is 4.98 Å². The third kappa shape index (κ3) is 3.34. The maximum absolute atomic E-state index is 5.73. The first-order valence-corrected chi connectivity index (χ1v) is 5.99. The van der Waals surface area contributed by atoms with E-state index in [1.54, 1.807) is 13.4 Å². The molecule has 96 valence electrons. The second-order valence-corrected chi connectivity index (χ2v) is 4.44. The molecule has 0 amide bonds. The molecule has 0 saturated carbocycles. The molecular formula is C14H18N2O2. The van der Waals surface area contributed by atoms with Crippen LogP contribution in [0.2, 0.25) is 0 Å². The van der Waals surface area contributed by atoms with Crippen LogP contribution in [-0.2, 0) is 12.8 Å². The van der Waals surface area contributed by atoms with Crippen molar-refractivity contribution < 1.29 is 9.15 Å². The number of aromatic nitrogens is 1. The SMILES string of the molecule is COc1cccc(Cc2nc(CC(C)N)co2)c1. The molecule has 2 N–H and O–H groups in total. The number of benzene rings is 1. The number of ether oxygens (including phenoxy) is 1. The molecule has 4 heteroatoms. The Hall–Kier alpha value is -1.81. The molecule has 18 heavy (non-hydrogen) atoms. The minimum Gasteiger partial charge on any atom is -0.497 e. The van der Waals surface area contributed by atoms with Crippen molar-refractivity contribution in [2.24, 2.45) is 5.73 Å². The van der Waals surface area contributed by atoms with Crippen molar-refractivity contribution in [2.45, 2.75) is 25.8 Å². The molecule has 4 nitrogen and oxygen atoms in total. The molecule has 0 radical (unpaired) electrons. The van der Waals surface area contributed by atoms with Gasteiger partial charge in [-0.05, 0) is 24.6 Å². The van der Waals surface area contributed by atoms with E-state index in [4.69, 9.17) is 14.9 Å². The fraction of sp³-hybridized carbons (Fsp3) is 0.357. The van der Waals surface area contributed by atoms with Gasteiger partial charge >= 0.3 is 0 Å². The van der Waals surface area contributed by atoms with Crippen LogP contribution in [0.15, 0.2) is 34.9 Å². The zero-order valence-corrected chi connectivity index (χ0v) is 10.7. The van der Waals surface area contributed by atoms with Gasteiger partial charge in [-0.2, -0.15) is 0 Å². The molecule has 1 aromatic carbocycles. The van der Waals surface area contributed by atoms with E-state index >= 15 is 0 Å². The van der Waals surface area contributed by atoms with Crippen molar-refractivity contribution in [1.82, 2.24) is 4.98 Å². The minimum absolute atomic E-state index is 0.0970. The van der Waals surface area contributed by atoms with Crippen molar-refractivity contribution in [3.8, 4) is 5.75 Å². The lowest BCUT2D eigenvalue weighted by Gasteiger charge is -2.02. The fourth-order valence-electron chi connectivity index (χ4n) is 1.81. The largest absolute Gasteiger partial charge is 0.497 e. The lowest BCUT2D eigenvalue weighted by Crippen LogP contribution is -2.17. The third-order valence-electron chi connectivity index (χ3n) is 2.62. The second-order valence-electron chi connectivity index (χ2n) is 4.44. The summed E-state index contributed by atoms with van der Waals surface area (Å²) in [5, 5.41) is 0. The summed E-state index contributed by atoms with van der Waals surface area (Å²) in [4.78, 5) is 4.41. The molecule has 0 aliphatic heterocycles. The molecule has 1 atom stereocenters. The van der Waals surface area contributed by atoms with Crippen molar-refractivity contribution in [3.63, 3.8) is 0 Å². The van der Waals surface area contributed by atoms with Crippen molar-refractivity contribution in [1.29, 1.82) is 0 Å². The number of methoxy groups -OCH3 is 1. The summed E-state index contributed by atoms with van der Waals surface area (Å²) in [7, 11) is 1.66. The van der Waals surface area contributed by atoms with Crippen LogP contribution in [0.25, 0.3) is 0 Å². The van der Waals surface area contributed by atoms with E-state index in [9.17, 15) is 0 Å². The highest BCUT2D eigenvalue weighted by molar-refractivity contribution is 5.29. The van der Waals surface area contributed by atoms with Crippen molar-refractivity contribution in [3.05, 3.63) is 47.7 Å². The van der Waals surface area contributed by atoms with Gasteiger partial charge in [-0.1, -0.05) is 12.1 Å². The van der Waals surface area contributed by atoms with E-state index in [1.165, 1.54) is 0 Å². The highest BCUT2D eigenvalue weighted by Gasteiger charge is 2.07. The molecule has 2 aromatic rings. The van der Waals surface area contributed by atoms with Crippen LogP contribution in [0.1, 0.15) is 24.1 Å². The normalized spacial score (nSPS) is 12.4. The molecule has 0 bridgehead atoms. The zero-order chi connectivity index (χ0) is 13.0. The molecular weight excluding hydrogens is 228 g/mol. The molecule has 2 rings (SSSR count). The summed E-state index contributed by atoms with van der Waals surface area (Å²) < 4.78 is 10.6. The number of hydrogen-bond donors (Lipinski definition) is 1. The first-order valence-electron chi connectivity index (χ1n) is 5.99. The lowest BCUT2D eigenvalue weighted by atomic mass is 10.1. The maximum atomic E-state index is 5.73. The Labute approximate surface area is 107 Å². The molecule has 1 aromatic heterocycles. The van der Waals surface area contributed by atoms with Gasteiger partial charge in [0.1, 0.15) is 12.0 Å². The van der Waals surface area contributed by atoms with Gasteiger partial charge in [0.2, 0.25) is 0 Å². The Morgan fingerprint density at radius 1 is 1.44 bits per heavy atom. The fourth-order valence-corrected chi connectivity index (χ4v) is 1.81. The van der Waals surface area contributed by atoms with Gasteiger partial charge in [-0.15, -0.1) is 0 Å². The Bertz CT molecular complexity index is 506. The average Bonchev–Trinajstić information content (AvgIpc) is 2.76. The lowest BCUT2D eigenvalue weighted by molar-refractivity contribution is 0.414. The monoisotopic (exact) mass is 246 g/mol. The zero-order valence-electron chi connectivity index (χ0n) is 10.7. The van der Waals surface area contributed by atoms with E-state index in [0.717, 1.165) is 23.4 Å². The van der Waals surface area contributed by atoms with E-state index in [2.05, 4.69) is 4.98 Å². The number of rotatable bonds is 5. The van der Waals surface area contributed by atoms with Gasteiger partial charge in [0.25, 0.3) is 0 Å². The molecule has 0 aliphatic carbocycles. The average molecular weight is 246 g/mol. The Morgan fingerprint density at radius 2 is 2.28 bits per heavy atom. The molecule has 1 unspecified atom stereocenters. The van der Waals surface area contributed by atoms with Crippen LogP contribution < -0.4 is 10.5 Å². The van der Waals surface area contributed by atoms with Crippen LogP contribution in [-0.4, -0.2) is 18.1 Å². The van der Waals surface area contributed by atoms with E-state index < -0.39 is 0 Å². The van der Waals surface area contributed by atoms with Crippen molar-refractivity contribution in [2.75, 3.05) is 7.11 Å². The summed E-state index contributed by atoms with van der Waals surface area (Å²) in [6, 6.07) is 7.98. The van der Waals surface area contributed by atoms with E-state index in [0.29, 0.717) is 12.3 Å². The Kier molecular flexibility index (Phi) is 3.99. The minimum atomic E-state index is 0.0970. The number of nitrogens with two attached hydrogens (primary N) is 1. The van der Waals surface area contributed by atoms with Crippen LogP contribution in [0, 0.1) is 0 Å². The Morgan fingerprint density at radius 3 is 3.00 bits per heavy atom. The smallest absolute Gasteiger partial charge is 0.198 e. The summed E-state index contributed by atoms with van der Waals surface area (Å²) >= 11 is 0. The number of oxazole rings is 1. The summed E-state index contributed by atoms with van der Waals surface area (Å²) in [6.07, 6.45) is 3.08. The van der Waals surface area contributed by atoms with Gasteiger partial charge in [0.05, 0.1) is 12.8 Å². The second kappa shape index (κ2) is 5.69. The highest BCUT2D eigenvalue weighted by Crippen LogP contribution is 2.16. The Balaban J connectivity index is 2.06. The molecule has 0 aliphatic rings. The summed E-state index contributed by atoms with van der Waals surface area (Å²) in [5.41, 5.74) is 7.75. The van der Waals surface area contributed by atoms with Crippen LogP contribution in [0.5, 0.6) is 5.75 Å². The molecule has 0 spiro atoms. The first-order chi connectivity index (χ1) is 8.67.